The molecule has 2 aromatic rings. The van der Waals surface area contributed by atoms with Crippen molar-refractivity contribution < 1.29 is 14.3 Å². The van der Waals surface area contributed by atoms with E-state index in [1.165, 1.54) is 0 Å². The van der Waals surface area contributed by atoms with Gasteiger partial charge in [0, 0.05) is 13.0 Å². The molecule has 0 saturated heterocycles. The van der Waals surface area contributed by atoms with Gasteiger partial charge < -0.3 is 15.4 Å². The first-order chi connectivity index (χ1) is 12.9. The monoisotopic (exact) mass is 368 g/mol. The second kappa shape index (κ2) is 10.4. The second-order valence-corrected chi connectivity index (χ2v) is 6.79. The van der Waals surface area contributed by atoms with E-state index in [2.05, 4.69) is 10.6 Å². The molecule has 0 aromatic heterocycles. The van der Waals surface area contributed by atoms with Crippen molar-refractivity contribution in [3.05, 3.63) is 65.7 Å². The van der Waals surface area contributed by atoms with Gasteiger partial charge in [-0.25, -0.2) is 0 Å². The zero-order valence-electron chi connectivity index (χ0n) is 16.2. The Labute approximate surface area is 161 Å². The van der Waals surface area contributed by atoms with E-state index in [4.69, 9.17) is 4.74 Å². The molecule has 0 aliphatic rings. The molecule has 2 aromatic carbocycles. The molecule has 0 heterocycles. The van der Waals surface area contributed by atoms with E-state index in [-0.39, 0.29) is 30.4 Å². The standard InChI is InChI=1S/C22H28N2O3/c1-16(2)27-20-11-9-19(10-12-20)17(3)24-21(25)13-14-23-22(26)15-18-7-5-4-6-8-18/h4-12,16-17H,13-15H2,1-3H3,(H,23,26)(H,24,25). The molecule has 0 aliphatic heterocycles. The van der Waals surface area contributed by atoms with Gasteiger partial charge >= 0.3 is 0 Å². The lowest BCUT2D eigenvalue weighted by Gasteiger charge is -2.16. The Morgan fingerprint density at radius 1 is 0.926 bits per heavy atom. The number of rotatable bonds is 9. The highest BCUT2D eigenvalue weighted by molar-refractivity contribution is 5.80. The Bertz CT molecular complexity index is 727. The van der Waals surface area contributed by atoms with Gasteiger partial charge in [0.15, 0.2) is 0 Å². The van der Waals surface area contributed by atoms with Crippen LogP contribution in [0.15, 0.2) is 54.6 Å². The van der Waals surface area contributed by atoms with Crippen molar-refractivity contribution in [2.45, 2.75) is 45.8 Å². The van der Waals surface area contributed by atoms with Crippen LogP contribution in [0.5, 0.6) is 5.75 Å². The average molecular weight is 368 g/mol. The zero-order valence-corrected chi connectivity index (χ0v) is 16.2. The lowest BCUT2D eigenvalue weighted by molar-refractivity contribution is -0.122. The summed E-state index contributed by atoms with van der Waals surface area (Å²) in [5, 5.41) is 5.73. The molecule has 0 spiro atoms. The minimum atomic E-state index is -0.106. The van der Waals surface area contributed by atoms with Gasteiger partial charge in [-0.1, -0.05) is 42.5 Å². The maximum absolute atomic E-state index is 12.1. The minimum Gasteiger partial charge on any atom is -0.491 e. The number of ether oxygens (including phenoxy) is 1. The van der Waals surface area contributed by atoms with Crippen molar-refractivity contribution in [1.82, 2.24) is 10.6 Å². The molecule has 5 heteroatoms. The van der Waals surface area contributed by atoms with Gasteiger partial charge in [0.05, 0.1) is 18.6 Å². The Morgan fingerprint density at radius 2 is 1.59 bits per heavy atom. The van der Waals surface area contributed by atoms with Gasteiger partial charge in [0.1, 0.15) is 5.75 Å². The van der Waals surface area contributed by atoms with E-state index in [9.17, 15) is 9.59 Å². The van der Waals surface area contributed by atoms with E-state index >= 15 is 0 Å². The first-order valence-corrected chi connectivity index (χ1v) is 9.30. The maximum atomic E-state index is 12.1. The van der Waals surface area contributed by atoms with Crippen LogP contribution in [0.25, 0.3) is 0 Å². The van der Waals surface area contributed by atoms with E-state index in [1.54, 1.807) is 0 Å². The van der Waals surface area contributed by atoms with Crippen LogP contribution in [-0.2, 0) is 16.0 Å². The van der Waals surface area contributed by atoms with Gasteiger partial charge in [-0.05, 0) is 44.0 Å². The highest BCUT2D eigenvalue weighted by Crippen LogP contribution is 2.18. The molecule has 0 radical (unpaired) electrons. The molecule has 1 atom stereocenters. The summed E-state index contributed by atoms with van der Waals surface area (Å²) in [7, 11) is 0. The summed E-state index contributed by atoms with van der Waals surface area (Å²) in [6.07, 6.45) is 0.702. The summed E-state index contributed by atoms with van der Waals surface area (Å²) in [5.74, 6) is 0.640. The van der Waals surface area contributed by atoms with E-state index in [0.717, 1.165) is 16.9 Å². The van der Waals surface area contributed by atoms with Crippen LogP contribution in [-0.4, -0.2) is 24.5 Å². The fourth-order valence-corrected chi connectivity index (χ4v) is 2.66. The topological polar surface area (TPSA) is 67.4 Å². The molecular formula is C22H28N2O3. The average Bonchev–Trinajstić information content (AvgIpc) is 2.62. The fourth-order valence-electron chi connectivity index (χ4n) is 2.66. The van der Waals surface area contributed by atoms with Crippen molar-refractivity contribution in [1.29, 1.82) is 0 Å². The largest absolute Gasteiger partial charge is 0.491 e. The maximum Gasteiger partial charge on any atom is 0.224 e. The zero-order chi connectivity index (χ0) is 19.6. The Balaban J connectivity index is 1.71. The normalized spacial score (nSPS) is 11.7. The Kier molecular flexibility index (Phi) is 7.86. The van der Waals surface area contributed by atoms with Gasteiger partial charge in [-0.3, -0.25) is 9.59 Å². The first kappa shape index (κ1) is 20.5. The number of carbonyl (C=O) groups is 2. The number of benzene rings is 2. The molecule has 0 saturated carbocycles. The number of nitrogens with one attached hydrogen (secondary N) is 2. The van der Waals surface area contributed by atoms with Gasteiger partial charge in [-0.15, -0.1) is 0 Å². The fraction of sp³-hybridized carbons (Fsp3) is 0.364. The van der Waals surface area contributed by atoms with Gasteiger partial charge in [-0.2, -0.15) is 0 Å². The summed E-state index contributed by atoms with van der Waals surface area (Å²) in [6.45, 7) is 6.22. The Hall–Kier alpha value is -2.82. The highest BCUT2D eigenvalue weighted by atomic mass is 16.5. The number of carbonyl (C=O) groups excluding carboxylic acids is 2. The lowest BCUT2D eigenvalue weighted by Crippen LogP contribution is -2.32. The second-order valence-electron chi connectivity index (χ2n) is 6.79. The molecule has 1 unspecified atom stereocenters. The molecule has 27 heavy (non-hydrogen) atoms. The predicted molar refractivity (Wildman–Crippen MR) is 107 cm³/mol. The first-order valence-electron chi connectivity index (χ1n) is 9.30. The van der Waals surface area contributed by atoms with E-state index in [0.29, 0.717) is 13.0 Å². The molecule has 2 amide bonds. The van der Waals surface area contributed by atoms with Crippen LogP contribution in [0.1, 0.15) is 44.4 Å². The third-order valence-corrected chi connectivity index (χ3v) is 4.01. The van der Waals surface area contributed by atoms with Crippen LogP contribution in [0.4, 0.5) is 0 Å². The summed E-state index contributed by atoms with van der Waals surface area (Å²) >= 11 is 0. The van der Waals surface area contributed by atoms with Gasteiger partial charge in [0.25, 0.3) is 0 Å². The molecule has 5 nitrogen and oxygen atoms in total. The number of hydrogen-bond donors (Lipinski definition) is 2. The molecule has 0 aliphatic carbocycles. The molecule has 0 fully saturated rings. The van der Waals surface area contributed by atoms with Gasteiger partial charge in [0.2, 0.25) is 11.8 Å². The molecule has 0 bridgehead atoms. The van der Waals surface area contributed by atoms with Crippen molar-refractivity contribution in [3.63, 3.8) is 0 Å². The van der Waals surface area contributed by atoms with Crippen molar-refractivity contribution in [3.8, 4) is 5.75 Å². The van der Waals surface area contributed by atoms with Crippen molar-refractivity contribution in [2.75, 3.05) is 6.54 Å². The van der Waals surface area contributed by atoms with Crippen LogP contribution >= 0.6 is 0 Å². The molecule has 2 rings (SSSR count). The predicted octanol–water partition coefficient (Wildman–Crippen LogP) is 3.40. The number of amides is 2. The van der Waals surface area contributed by atoms with E-state index < -0.39 is 0 Å². The smallest absolute Gasteiger partial charge is 0.224 e. The third kappa shape index (κ3) is 7.52. The van der Waals surface area contributed by atoms with Crippen LogP contribution < -0.4 is 15.4 Å². The molecular weight excluding hydrogens is 340 g/mol. The Morgan fingerprint density at radius 3 is 2.22 bits per heavy atom. The lowest BCUT2D eigenvalue weighted by atomic mass is 10.1. The third-order valence-electron chi connectivity index (χ3n) is 4.01. The van der Waals surface area contributed by atoms with E-state index in [1.807, 2.05) is 75.4 Å². The van der Waals surface area contributed by atoms with Crippen LogP contribution in [0.2, 0.25) is 0 Å². The summed E-state index contributed by atoms with van der Waals surface area (Å²) < 4.78 is 5.62. The van der Waals surface area contributed by atoms with Crippen molar-refractivity contribution >= 4 is 11.8 Å². The summed E-state index contributed by atoms with van der Waals surface area (Å²) in [5.41, 5.74) is 1.96. The minimum absolute atomic E-state index is 0.0808. The highest BCUT2D eigenvalue weighted by Gasteiger charge is 2.10. The van der Waals surface area contributed by atoms with Crippen molar-refractivity contribution in [2.24, 2.45) is 0 Å². The number of hydrogen-bond acceptors (Lipinski definition) is 3. The molecule has 2 N–H and O–H groups in total. The quantitative estimate of drug-likeness (QED) is 0.713. The molecule has 144 valence electrons. The van der Waals surface area contributed by atoms with Crippen LogP contribution in [0.3, 0.4) is 0 Å². The van der Waals surface area contributed by atoms with Crippen LogP contribution in [0, 0.1) is 0 Å². The SMILES string of the molecule is CC(C)Oc1ccc(C(C)NC(=O)CCNC(=O)Cc2ccccc2)cc1. The summed E-state index contributed by atoms with van der Waals surface area (Å²) in [4.78, 5) is 24.0. The summed E-state index contributed by atoms with van der Waals surface area (Å²) in [6, 6.07) is 17.1.